The van der Waals surface area contributed by atoms with Crippen LogP contribution in [0.1, 0.15) is 15.9 Å². The summed E-state index contributed by atoms with van der Waals surface area (Å²) in [5.74, 6) is 0.574. The molecule has 1 amide bonds. The van der Waals surface area contributed by atoms with Gasteiger partial charge in [0.2, 0.25) is 0 Å². The summed E-state index contributed by atoms with van der Waals surface area (Å²) >= 11 is 0. The first-order chi connectivity index (χ1) is 15.6. The summed E-state index contributed by atoms with van der Waals surface area (Å²) in [6.45, 7) is 0.360. The summed E-state index contributed by atoms with van der Waals surface area (Å²) in [6.07, 6.45) is 8.60. The second kappa shape index (κ2) is 7.95. The molecule has 5 aromatic rings. The minimum Gasteiger partial charge on any atom is -0.348 e. The van der Waals surface area contributed by atoms with Crippen molar-refractivity contribution in [3.63, 3.8) is 0 Å². The number of nitrogens with one attached hydrogen (secondary N) is 2. The molecule has 0 unspecified atom stereocenters. The van der Waals surface area contributed by atoms with Crippen molar-refractivity contribution in [1.82, 2.24) is 34.4 Å². The highest BCUT2D eigenvalue weighted by Gasteiger charge is 2.10. The number of fused-ring (bicyclic) bond motifs is 1. The zero-order chi connectivity index (χ0) is 22.1. The van der Waals surface area contributed by atoms with Crippen LogP contribution in [0.4, 0.5) is 0 Å². The van der Waals surface area contributed by atoms with Crippen molar-refractivity contribution in [2.24, 2.45) is 7.05 Å². The molecule has 9 nitrogen and oxygen atoms in total. The zero-order valence-corrected chi connectivity index (χ0v) is 17.2. The third-order valence-corrected chi connectivity index (χ3v) is 5.25. The van der Waals surface area contributed by atoms with E-state index in [9.17, 15) is 9.59 Å². The van der Waals surface area contributed by atoms with E-state index in [1.165, 1.54) is 4.57 Å². The second-order valence-electron chi connectivity index (χ2n) is 7.34. The van der Waals surface area contributed by atoms with Gasteiger partial charge in [0.25, 0.3) is 5.91 Å². The number of H-pyrrole nitrogens is 1. The van der Waals surface area contributed by atoms with E-state index in [1.807, 2.05) is 47.2 Å². The van der Waals surface area contributed by atoms with Crippen LogP contribution in [-0.2, 0) is 13.6 Å². The van der Waals surface area contributed by atoms with E-state index in [2.05, 4.69) is 25.3 Å². The van der Waals surface area contributed by atoms with Crippen LogP contribution in [0, 0.1) is 0 Å². The quantitative estimate of drug-likeness (QED) is 0.449. The number of aryl methyl sites for hydroxylation is 1. The van der Waals surface area contributed by atoms with Gasteiger partial charge in [0, 0.05) is 49.5 Å². The molecule has 158 valence electrons. The van der Waals surface area contributed by atoms with Gasteiger partial charge in [-0.1, -0.05) is 18.2 Å². The first kappa shape index (κ1) is 19.4. The highest BCUT2D eigenvalue weighted by atomic mass is 16.2. The van der Waals surface area contributed by atoms with E-state index < -0.39 is 0 Å². The number of aromatic amines is 1. The lowest BCUT2D eigenvalue weighted by Gasteiger charge is -2.08. The van der Waals surface area contributed by atoms with Gasteiger partial charge >= 0.3 is 5.69 Å². The summed E-state index contributed by atoms with van der Waals surface area (Å²) in [5, 5.41) is 2.93. The fraction of sp³-hybridized carbons (Fsp3) is 0.0870. The van der Waals surface area contributed by atoms with Crippen molar-refractivity contribution in [3.05, 3.63) is 95.2 Å². The first-order valence-electron chi connectivity index (χ1n) is 9.95. The van der Waals surface area contributed by atoms with Crippen LogP contribution in [0.25, 0.3) is 28.1 Å². The standard InChI is InChI=1S/C23H19N7O2/c1-29-19-10-18(13-26-21(19)28-23(29)32)16-3-2-4-17(9-16)22(31)27-12-15-5-6-20(25-11-15)30-8-7-24-14-30/h2-11,13-14H,12H2,1H3,(H,27,31)(H,26,28,32). The number of carbonyl (C=O) groups excluding carboxylic acids is 1. The molecule has 0 radical (unpaired) electrons. The molecule has 1 aromatic carbocycles. The molecule has 32 heavy (non-hydrogen) atoms. The molecule has 0 aliphatic rings. The van der Waals surface area contributed by atoms with Crippen molar-refractivity contribution >= 4 is 17.1 Å². The lowest BCUT2D eigenvalue weighted by atomic mass is 10.0. The van der Waals surface area contributed by atoms with Crippen molar-refractivity contribution in [3.8, 4) is 16.9 Å². The lowest BCUT2D eigenvalue weighted by Crippen LogP contribution is -2.22. The van der Waals surface area contributed by atoms with E-state index in [4.69, 9.17) is 0 Å². The topological polar surface area (TPSA) is 110 Å². The molecule has 5 rings (SSSR count). The third-order valence-electron chi connectivity index (χ3n) is 5.25. The largest absolute Gasteiger partial charge is 0.348 e. The van der Waals surface area contributed by atoms with E-state index >= 15 is 0 Å². The number of pyridine rings is 2. The van der Waals surface area contributed by atoms with Gasteiger partial charge in [0.05, 0.1) is 5.52 Å². The number of hydrogen-bond acceptors (Lipinski definition) is 5. The Hall–Kier alpha value is -4.53. The summed E-state index contributed by atoms with van der Waals surface area (Å²) in [6, 6.07) is 13.0. The first-order valence-corrected chi connectivity index (χ1v) is 9.95. The number of imidazole rings is 2. The number of aromatic nitrogens is 6. The molecular weight excluding hydrogens is 406 g/mol. The Balaban J connectivity index is 1.31. The third kappa shape index (κ3) is 3.67. The average Bonchev–Trinajstić information content (AvgIpc) is 3.46. The maximum Gasteiger partial charge on any atom is 0.327 e. The number of carbonyl (C=O) groups is 1. The minimum absolute atomic E-state index is 0.186. The number of hydrogen-bond donors (Lipinski definition) is 2. The minimum atomic E-state index is -0.217. The molecule has 0 saturated heterocycles. The molecule has 0 saturated carbocycles. The molecule has 0 bridgehead atoms. The van der Waals surface area contributed by atoms with Gasteiger partial charge in [-0.3, -0.25) is 18.9 Å². The monoisotopic (exact) mass is 425 g/mol. The highest BCUT2D eigenvalue weighted by Crippen LogP contribution is 2.22. The highest BCUT2D eigenvalue weighted by molar-refractivity contribution is 5.95. The number of benzene rings is 1. The fourth-order valence-corrected chi connectivity index (χ4v) is 3.45. The zero-order valence-electron chi connectivity index (χ0n) is 17.2. The summed E-state index contributed by atoms with van der Waals surface area (Å²) < 4.78 is 3.32. The Morgan fingerprint density at radius 3 is 2.78 bits per heavy atom. The van der Waals surface area contributed by atoms with Gasteiger partial charge in [-0.2, -0.15) is 0 Å². The number of nitrogens with zero attached hydrogens (tertiary/aromatic N) is 5. The summed E-state index contributed by atoms with van der Waals surface area (Å²) in [5.41, 5.74) is 4.10. The normalized spacial score (nSPS) is 11.0. The smallest absolute Gasteiger partial charge is 0.327 e. The Morgan fingerprint density at radius 2 is 2.00 bits per heavy atom. The molecule has 2 N–H and O–H groups in total. The van der Waals surface area contributed by atoms with Crippen molar-refractivity contribution in [1.29, 1.82) is 0 Å². The van der Waals surface area contributed by atoms with Gasteiger partial charge in [0.1, 0.15) is 12.1 Å². The molecular formula is C23H19N7O2. The molecule has 0 aliphatic carbocycles. The van der Waals surface area contributed by atoms with E-state index in [0.29, 0.717) is 23.3 Å². The molecule has 9 heteroatoms. The SMILES string of the molecule is Cn1c(=O)[nH]c2ncc(-c3cccc(C(=O)NCc4ccc(-n5ccnc5)nc4)c3)cc21. The van der Waals surface area contributed by atoms with E-state index in [0.717, 1.165) is 22.5 Å². The Kier molecular flexibility index (Phi) is 4.83. The Morgan fingerprint density at radius 1 is 1.09 bits per heavy atom. The predicted molar refractivity (Wildman–Crippen MR) is 119 cm³/mol. The van der Waals surface area contributed by atoms with Crippen LogP contribution in [-0.4, -0.2) is 35.0 Å². The van der Waals surface area contributed by atoms with Gasteiger partial charge in [0.15, 0.2) is 5.65 Å². The van der Waals surface area contributed by atoms with Gasteiger partial charge in [-0.15, -0.1) is 0 Å². The second-order valence-corrected chi connectivity index (χ2v) is 7.34. The van der Waals surface area contributed by atoms with Crippen molar-refractivity contribution in [2.45, 2.75) is 6.54 Å². The summed E-state index contributed by atoms with van der Waals surface area (Å²) in [7, 11) is 1.69. The van der Waals surface area contributed by atoms with E-state index in [-0.39, 0.29) is 11.6 Å². The Bertz CT molecular complexity index is 1460. The van der Waals surface area contributed by atoms with Crippen molar-refractivity contribution < 1.29 is 4.79 Å². The predicted octanol–water partition coefficient (Wildman–Crippen LogP) is 2.44. The molecule has 0 fully saturated rings. The Labute approximate surface area is 182 Å². The van der Waals surface area contributed by atoms with Crippen molar-refractivity contribution in [2.75, 3.05) is 0 Å². The van der Waals surface area contributed by atoms with Gasteiger partial charge in [-0.05, 0) is 35.4 Å². The maximum atomic E-state index is 12.7. The maximum absolute atomic E-state index is 12.7. The van der Waals surface area contributed by atoms with E-state index in [1.54, 1.807) is 38.0 Å². The molecule has 4 heterocycles. The lowest BCUT2D eigenvalue weighted by molar-refractivity contribution is 0.0951. The van der Waals surface area contributed by atoms with Crippen LogP contribution >= 0.6 is 0 Å². The average molecular weight is 425 g/mol. The van der Waals surface area contributed by atoms with Crippen LogP contribution in [0.5, 0.6) is 0 Å². The summed E-state index contributed by atoms with van der Waals surface area (Å²) in [4.78, 5) is 40.0. The van der Waals surface area contributed by atoms with Crippen LogP contribution in [0.2, 0.25) is 0 Å². The molecule has 0 spiro atoms. The van der Waals surface area contributed by atoms with Crippen LogP contribution in [0.15, 0.2) is 78.4 Å². The van der Waals surface area contributed by atoms with Gasteiger partial charge in [-0.25, -0.2) is 19.7 Å². The molecule has 0 atom stereocenters. The number of amides is 1. The van der Waals surface area contributed by atoms with Crippen LogP contribution < -0.4 is 11.0 Å². The van der Waals surface area contributed by atoms with Gasteiger partial charge < -0.3 is 5.32 Å². The molecule has 4 aromatic heterocycles. The number of rotatable bonds is 5. The molecule has 0 aliphatic heterocycles. The fourth-order valence-electron chi connectivity index (χ4n) is 3.45. The van der Waals surface area contributed by atoms with Crippen LogP contribution in [0.3, 0.4) is 0 Å².